The zero-order valence-corrected chi connectivity index (χ0v) is 12.8. The third-order valence-electron chi connectivity index (χ3n) is 3.01. The Kier molecular flexibility index (Phi) is 6.14. The molecule has 1 rings (SSSR count). The molecule has 0 radical (unpaired) electrons. The lowest BCUT2D eigenvalue weighted by Gasteiger charge is -2.28. The van der Waals surface area contributed by atoms with Crippen LogP contribution in [0.15, 0.2) is 24.4 Å². The lowest BCUT2D eigenvalue weighted by molar-refractivity contribution is -0.129. The molecule has 2 amide bonds. The molecule has 0 aliphatic carbocycles. The average Bonchev–Trinajstić information content (AvgIpc) is 2.40. The Morgan fingerprint density at radius 3 is 2.57 bits per heavy atom. The minimum atomic E-state index is -0.659. The summed E-state index contributed by atoms with van der Waals surface area (Å²) in [5, 5.41) is 5.82. The Bertz CT molecular complexity index is 468. The monoisotopic (exact) mass is 292 g/mol. The second kappa shape index (κ2) is 7.61. The van der Waals surface area contributed by atoms with E-state index in [1.165, 1.54) is 0 Å². The number of aromatic nitrogens is 1. The number of pyridine rings is 1. The summed E-state index contributed by atoms with van der Waals surface area (Å²) < 4.78 is 0. The highest BCUT2D eigenvalue weighted by molar-refractivity contribution is 5.87. The summed E-state index contributed by atoms with van der Waals surface area (Å²) in [6.45, 7) is 6.24. The molecule has 0 fully saturated rings. The molecule has 21 heavy (non-hydrogen) atoms. The Balaban J connectivity index is 2.32. The third kappa shape index (κ3) is 6.25. The van der Waals surface area contributed by atoms with Crippen molar-refractivity contribution < 1.29 is 9.59 Å². The SMILES string of the molecule is CC(C)(C)[C@H](NC(=O)CCCNc1ccccn1)C(N)=O. The van der Waals surface area contributed by atoms with Crippen LogP contribution in [0.5, 0.6) is 0 Å². The van der Waals surface area contributed by atoms with Crippen molar-refractivity contribution in [1.82, 2.24) is 10.3 Å². The van der Waals surface area contributed by atoms with Gasteiger partial charge in [-0.05, 0) is 24.0 Å². The maximum atomic E-state index is 11.9. The van der Waals surface area contributed by atoms with Crippen molar-refractivity contribution in [3.63, 3.8) is 0 Å². The van der Waals surface area contributed by atoms with Crippen LogP contribution in [-0.2, 0) is 9.59 Å². The molecule has 6 nitrogen and oxygen atoms in total. The Morgan fingerprint density at radius 2 is 2.05 bits per heavy atom. The molecule has 116 valence electrons. The van der Waals surface area contributed by atoms with E-state index >= 15 is 0 Å². The van der Waals surface area contributed by atoms with Crippen molar-refractivity contribution >= 4 is 17.6 Å². The van der Waals surface area contributed by atoms with Gasteiger partial charge in [-0.2, -0.15) is 0 Å². The van der Waals surface area contributed by atoms with Gasteiger partial charge in [0, 0.05) is 19.2 Å². The van der Waals surface area contributed by atoms with Crippen LogP contribution in [0.25, 0.3) is 0 Å². The molecule has 0 spiro atoms. The molecule has 0 aliphatic rings. The predicted octanol–water partition coefficient (Wildman–Crippen LogP) is 1.29. The normalized spacial score (nSPS) is 12.5. The first kappa shape index (κ1) is 16.9. The van der Waals surface area contributed by atoms with Gasteiger partial charge in [0.1, 0.15) is 11.9 Å². The molecule has 0 saturated heterocycles. The topological polar surface area (TPSA) is 97.1 Å². The van der Waals surface area contributed by atoms with Gasteiger partial charge < -0.3 is 16.4 Å². The Labute approximate surface area is 125 Å². The zero-order valence-electron chi connectivity index (χ0n) is 12.8. The molecule has 0 saturated carbocycles. The number of hydrogen-bond acceptors (Lipinski definition) is 4. The first-order chi connectivity index (χ1) is 9.80. The third-order valence-corrected chi connectivity index (χ3v) is 3.01. The number of anilines is 1. The van der Waals surface area contributed by atoms with E-state index < -0.39 is 17.4 Å². The van der Waals surface area contributed by atoms with E-state index in [0.717, 1.165) is 5.82 Å². The van der Waals surface area contributed by atoms with E-state index in [1.54, 1.807) is 6.20 Å². The Hall–Kier alpha value is -2.11. The number of carbonyl (C=O) groups is 2. The van der Waals surface area contributed by atoms with E-state index in [2.05, 4.69) is 15.6 Å². The van der Waals surface area contributed by atoms with Crippen molar-refractivity contribution in [2.24, 2.45) is 11.1 Å². The summed E-state index contributed by atoms with van der Waals surface area (Å²) in [6, 6.07) is 4.94. The number of rotatable bonds is 7. The van der Waals surface area contributed by atoms with Gasteiger partial charge in [0.25, 0.3) is 0 Å². The molecule has 1 aromatic heterocycles. The first-order valence-corrected chi connectivity index (χ1v) is 7.04. The molecule has 0 aliphatic heterocycles. The number of nitrogens with one attached hydrogen (secondary N) is 2. The fraction of sp³-hybridized carbons (Fsp3) is 0.533. The zero-order chi connectivity index (χ0) is 15.9. The van der Waals surface area contributed by atoms with Crippen molar-refractivity contribution in [1.29, 1.82) is 0 Å². The number of primary amides is 1. The van der Waals surface area contributed by atoms with E-state index in [0.29, 0.717) is 19.4 Å². The van der Waals surface area contributed by atoms with Crippen LogP contribution < -0.4 is 16.4 Å². The van der Waals surface area contributed by atoms with Crippen LogP contribution in [-0.4, -0.2) is 29.4 Å². The highest BCUT2D eigenvalue weighted by Gasteiger charge is 2.30. The summed E-state index contributed by atoms with van der Waals surface area (Å²) in [5.41, 5.74) is 4.93. The van der Waals surface area contributed by atoms with Gasteiger partial charge in [-0.25, -0.2) is 4.98 Å². The summed E-state index contributed by atoms with van der Waals surface area (Å²) in [5.74, 6) is 0.0987. The van der Waals surface area contributed by atoms with Crippen molar-refractivity contribution in [2.45, 2.75) is 39.7 Å². The Morgan fingerprint density at radius 1 is 1.33 bits per heavy atom. The molecule has 1 atom stereocenters. The number of hydrogen-bond donors (Lipinski definition) is 3. The van der Waals surface area contributed by atoms with Crippen molar-refractivity contribution in [3.05, 3.63) is 24.4 Å². The number of nitrogens with zero attached hydrogens (tertiary/aromatic N) is 1. The maximum absolute atomic E-state index is 11.9. The van der Waals surface area contributed by atoms with Crippen LogP contribution in [0, 0.1) is 5.41 Å². The van der Waals surface area contributed by atoms with Gasteiger partial charge in [0.2, 0.25) is 11.8 Å². The van der Waals surface area contributed by atoms with E-state index in [1.807, 2.05) is 39.0 Å². The lowest BCUT2D eigenvalue weighted by Crippen LogP contribution is -2.52. The number of nitrogens with two attached hydrogens (primary N) is 1. The van der Waals surface area contributed by atoms with E-state index in [4.69, 9.17) is 5.73 Å². The summed E-state index contributed by atoms with van der Waals surface area (Å²) >= 11 is 0. The predicted molar refractivity (Wildman–Crippen MR) is 82.5 cm³/mol. The molecule has 4 N–H and O–H groups in total. The van der Waals surface area contributed by atoms with Gasteiger partial charge in [-0.15, -0.1) is 0 Å². The minimum Gasteiger partial charge on any atom is -0.370 e. The van der Waals surface area contributed by atoms with Crippen LogP contribution in [0.1, 0.15) is 33.6 Å². The summed E-state index contributed by atoms with van der Waals surface area (Å²) in [6.07, 6.45) is 2.69. The quantitative estimate of drug-likeness (QED) is 0.660. The molecule has 1 aromatic rings. The fourth-order valence-corrected chi connectivity index (χ4v) is 1.88. The molecule has 6 heteroatoms. The second-order valence-corrected chi connectivity index (χ2v) is 6.01. The minimum absolute atomic E-state index is 0.170. The van der Waals surface area contributed by atoms with Gasteiger partial charge in [-0.3, -0.25) is 9.59 Å². The number of carbonyl (C=O) groups excluding carboxylic acids is 2. The van der Waals surface area contributed by atoms with Crippen molar-refractivity contribution in [2.75, 3.05) is 11.9 Å². The smallest absolute Gasteiger partial charge is 0.240 e. The average molecular weight is 292 g/mol. The van der Waals surface area contributed by atoms with Crippen LogP contribution in [0.2, 0.25) is 0 Å². The highest BCUT2D eigenvalue weighted by atomic mass is 16.2. The van der Waals surface area contributed by atoms with E-state index in [9.17, 15) is 9.59 Å². The van der Waals surface area contributed by atoms with Gasteiger partial charge in [0.15, 0.2) is 0 Å². The molecule has 1 heterocycles. The second-order valence-electron chi connectivity index (χ2n) is 6.01. The molecule has 0 bridgehead atoms. The van der Waals surface area contributed by atoms with Crippen LogP contribution in [0.3, 0.4) is 0 Å². The highest BCUT2D eigenvalue weighted by Crippen LogP contribution is 2.19. The van der Waals surface area contributed by atoms with Gasteiger partial charge in [-0.1, -0.05) is 26.8 Å². The molecule has 0 unspecified atom stereocenters. The van der Waals surface area contributed by atoms with E-state index in [-0.39, 0.29) is 5.91 Å². The largest absolute Gasteiger partial charge is 0.370 e. The summed E-state index contributed by atoms with van der Waals surface area (Å²) in [4.78, 5) is 27.4. The summed E-state index contributed by atoms with van der Waals surface area (Å²) in [7, 11) is 0. The first-order valence-electron chi connectivity index (χ1n) is 7.04. The van der Waals surface area contributed by atoms with Crippen molar-refractivity contribution in [3.8, 4) is 0 Å². The molecular weight excluding hydrogens is 268 g/mol. The fourth-order valence-electron chi connectivity index (χ4n) is 1.88. The maximum Gasteiger partial charge on any atom is 0.240 e. The lowest BCUT2D eigenvalue weighted by atomic mass is 9.86. The van der Waals surface area contributed by atoms with Crippen LogP contribution >= 0.6 is 0 Å². The number of amides is 2. The van der Waals surface area contributed by atoms with Gasteiger partial charge >= 0.3 is 0 Å². The molecular formula is C15H24N4O2. The van der Waals surface area contributed by atoms with Crippen LogP contribution in [0.4, 0.5) is 5.82 Å². The standard InChI is InChI=1S/C15H24N4O2/c1-15(2,3)13(14(16)21)19-12(20)8-6-10-18-11-7-4-5-9-17-11/h4-5,7,9,13H,6,8,10H2,1-3H3,(H2,16,21)(H,17,18)(H,19,20)/t13-/m1/s1. The van der Waals surface area contributed by atoms with Gasteiger partial charge in [0.05, 0.1) is 0 Å². The molecule has 0 aromatic carbocycles.